The average molecular weight is 249 g/mol. The second kappa shape index (κ2) is 5.40. The van der Waals surface area contributed by atoms with Crippen LogP contribution in [-0.4, -0.2) is 25.2 Å². The Morgan fingerprint density at radius 2 is 2.17 bits per heavy atom. The van der Waals surface area contributed by atoms with E-state index in [1.54, 1.807) is 6.92 Å². The quantitative estimate of drug-likeness (QED) is 0.824. The lowest BCUT2D eigenvalue weighted by molar-refractivity contribution is -0.145. The molecule has 0 aliphatic heterocycles. The van der Waals surface area contributed by atoms with Crippen molar-refractivity contribution in [2.24, 2.45) is 5.73 Å². The summed E-state index contributed by atoms with van der Waals surface area (Å²) in [4.78, 5) is 11.9. The van der Waals surface area contributed by atoms with Crippen molar-refractivity contribution in [3.63, 3.8) is 0 Å². The zero-order chi connectivity index (χ0) is 13.1. The van der Waals surface area contributed by atoms with E-state index in [-0.39, 0.29) is 17.9 Å². The molecule has 0 aromatic heterocycles. The van der Waals surface area contributed by atoms with Crippen molar-refractivity contribution in [3.8, 4) is 5.75 Å². The van der Waals surface area contributed by atoms with Gasteiger partial charge in [0.1, 0.15) is 5.75 Å². The summed E-state index contributed by atoms with van der Waals surface area (Å²) in [5, 5.41) is 0. The van der Waals surface area contributed by atoms with Crippen LogP contribution in [0.3, 0.4) is 0 Å². The van der Waals surface area contributed by atoms with Crippen molar-refractivity contribution in [1.29, 1.82) is 0 Å². The molecule has 4 heteroatoms. The molecule has 0 saturated carbocycles. The van der Waals surface area contributed by atoms with Crippen molar-refractivity contribution >= 4 is 5.97 Å². The zero-order valence-electron chi connectivity index (χ0n) is 10.8. The van der Waals surface area contributed by atoms with E-state index in [1.165, 1.54) is 0 Å². The minimum absolute atomic E-state index is 0.222. The van der Waals surface area contributed by atoms with Gasteiger partial charge in [0.15, 0.2) is 0 Å². The summed E-state index contributed by atoms with van der Waals surface area (Å²) in [5.41, 5.74) is 8.07. The highest BCUT2D eigenvalue weighted by molar-refractivity contribution is 5.81. The van der Waals surface area contributed by atoms with Gasteiger partial charge in [-0.15, -0.1) is 0 Å². The van der Waals surface area contributed by atoms with Gasteiger partial charge in [-0.3, -0.25) is 4.79 Å². The number of rotatable bonds is 4. The first-order valence-electron chi connectivity index (χ1n) is 6.35. The molecule has 2 N–H and O–H groups in total. The van der Waals surface area contributed by atoms with Crippen LogP contribution in [0.4, 0.5) is 0 Å². The van der Waals surface area contributed by atoms with Gasteiger partial charge in [0.05, 0.1) is 19.1 Å². The molecule has 0 fully saturated rings. The zero-order valence-corrected chi connectivity index (χ0v) is 10.8. The lowest BCUT2D eigenvalue weighted by Gasteiger charge is -2.14. The third-order valence-corrected chi connectivity index (χ3v) is 3.21. The molecule has 1 aliphatic rings. The van der Waals surface area contributed by atoms with Crippen LogP contribution in [0.1, 0.15) is 30.9 Å². The molecule has 2 atom stereocenters. The van der Waals surface area contributed by atoms with Gasteiger partial charge in [-0.2, -0.15) is 0 Å². The number of hydrogen-bond donors (Lipinski definition) is 1. The molecule has 1 aromatic rings. The molecular formula is C14H19NO3. The van der Waals surface area contributed by atoms with E-state index in [0.29, 0.717) is 19.6 Å². The molecule has 4 nitrogen and oxygen atoms in total. The molecule has 0 amide bonds. The van der Waals surface area contributed by atoms with Crippen LogP contribution < -0.4 is 10.5 Å². The van der Waals surface area contributed by atoms with E-state index in [1.807, 2.05) is 25.1 Å². The fourth-order valence-electron chi connectivity index (χ4n) is 2.50. The van der Waals surface area contributed by atoms with Crippen molar-refractivity contribution in [2.75, 3.05) is 13.2 Å². The molecule has 18 heavy (non-hydrogen) atoms. The molecule has 1 aliphatic carbocycles. The Morgan fingerprint density at radius 3 is 2.83 bits per heavy atom. The Hall–Kier alpha value is -1.55. The van der Waals surface area contributed by atoms with Crippen molar-refractivity contribution in [2.45, 2.75) is 32.2 Å². The Bertz CT molecular complexity index is 445. The number of carbonyl (C=O) groups excluding carboxylic acids is 1. The fourth-order valence-corrected chi connectivity index (χ4v) is 2.50. The Morgan fingerprint density at radius 1 is 1.39 bits per heavy atom. The van der Waals surface area contributed by atoms with Crippen molar-refractivity contribution in [1.82, 2.24) is 0 Å². The van der Waals surface area contributed by atoms with Gasteiger partial charge in [-0.25, -0.2) is 0 Å². The number of fused-ring (bicyclic) bond motifs is 1. The maximum atomic E-state index is 11.9. The van der Waals surface area contributed by atoms with Gasteiger partial charge in [0, 0.05) is 6.04 Å². The summed E-state index contributed by atoms with van der Waals surface area (Å²) >= 11 is 0. The molecular weight excluding hydrogens is 230 g/mol. The number of ether oxygens (including phenoxy) is 2. The van der Waals surface area contributed by atoms with E-state index >= 15 is 0 Å². The summed E-state index contributed by atoms with van der Waals surface area (Å²) in [6.07, 6.45) is 0.662. The maximum Gasteiger partial charge on any atom is 0.315 e. The minimum Gasteiger partial charge on any atom is -0.494 e. The monoisotopic (exact) mass is 249 g/mol. The van der Waals surface area contributed by atoms with Gasteiger partial charge in [0.2, 0.25) is 0 Å². The summed E-state index contributed by atoms with van der Waals surface area (Å²) in [5.74, 6) is 0.231. The van der Waals surface area contributed by atoms with Gasteiger partial charge in [-0.1, -0.05) is 12.1 Å². The van der Waals surface area contributed by atoms with Crippen LogP contribution in [0.25, 0.3) is 0 Å². The first-order valence-corrected chi connectivity index (χ1v) is 6.35. The van der Waals surface area contributed by atoms with Crippen LogP contribution in [0.15, 0.2) is 18.2 Å². The van der Waals surface area contributed by atoms with Crippen LogP contribution in [0.2, 0.25) is 0 Å². The standard InChI is InChI=1S/C14H19NO3/c1-3-17-12-7-5-6-9-10(12)8-11(15)13(9)14(16)18-4-2/h5-7,11,13H,3-4,8,15H2,1-2H3. The third kappa shape index (κ3) is 2.20. The lowest BCUT2D eigenvalue weighted by atomic mass is 9.99. The molecule has 0 heterocycles. The van der Waals surface area contributed by atoms with Gasteiger partial charge in [0.25, 0.3) is 0 Å². The van der Waals surface area contributed by atoms with E-state index in [0.717, 1.165) is 16.9 Å². The maximum absolute atomic E-state index is 11.9. The molecule has 98 valence electrons. The van der Waals surface area contributed by atoms with Crippen LogP contribution in [-0.2, 0) is 16.0 Å². The van der Waals surface area contributed by atoms with Gasteiger partial charge in [-0.05, 0) is 37.5 Å². The number of benzene rings is 1. The molecule has 2 unspecified atom stereocenters. The topological polar surface area (TPSA) is 61.5 Å². The Kier molecular flexibility index (Phi) is 3.87. The van der Waals surface area contributed by atoms with Crippen molar-refractivity contribution < 1.29 is 14.3 Å². The summed E-state index contributed by atoms with van der Waals surface area (Å²) in [7, 11) is 0. The highest BCUT2D eigenvalue weighted by Crippen LogP contribution is 2.38. The minimum atomic E-state index is -0.361. The largest absolute Gasteiger partial charge is 0.494 e. The van der Waals surface area contributed by atoms with Crippen LogP contribution in [0, 0.1) is 0 Å². The third-order valence-electron chi connectivity index (χ3n) is 3.21. The van der Waals surface area contributed by atoms with Crippen molar-refractivity contribution in [3.05, 3.63) is 29.3 Å². The average Bonchev–Trinajstić information content (AvgIpc) is 2.67. The molecule has 0 saturated heterocycles. The SMILES string of the molecule is CCOC(=O)C1c2cccc(OCC)c2CC1N. The van der Waals surface area contributed by atoms with Crippen LogP contribution >= 0.6 is 0 Å². The Balaban J connectivity index is 2.34. The fraction of sp³-hybridized carbons (Fsp3) is 0.500. The predicted molar refractivity (Wildman–Crippen MR) is 68.7 cm³/mol. The number of esters is 1. The molecule has 1 aromatic carbocycles. The van der Waals surface area contributed by atoms with E-state index < -0.39 is 0 Å². The van der Waals surface area contributed by atoms with Crippen LogP contribution in [0.5, 0.6) is 5.75 Å². The highest BCUT2D eigenvalue weighted by Gasteiger charge is 2.37. The van der Waals surface area contributed by atoms with E-state index in [4.69, 9.17) is 15.2 Å². The smallest absolute Gasteiger partial charge is 0.315 e. The normalized spacial score (nSPS) is 21.5. The van der Waals surface area contributed by atoms with E-state index in [9.17, 15) is 4.79 Å². The number of nitrogens with two attached hydrogens (primary N) is 1. The Labute approximate surface area is 107 Å². The predicted octanol–water partition coefficient (Wildman–Crippen LogP) is 1.62. The molecule has 0 bridgehead atoms. The summed E-state index contributed by atoms with van der Waals surface area (Å²) in [6, 6.07) is 5.53. The van der Waals surface area contributed by atoms with Gasteiger partial charge < -0.3 is 15.2 Å². The second-order valence-corrected chi connectivity index (χ2v) is 4.35. The summed E-state index contributed by atoms with van der Waals surface area (Å²) < 4.78 is 10.7. The number of carbonyl (C=O) groups is 1. The second-order valence-electron chi connectivity index (χ2n) is 4.35. The first-order chi connectivity index (χ1) is 8.69. The lowest BCUT2D eigenvalue weighted by Crippen LogP contribution is -2.31. The van der Waals surface area contributed by atoms with Gasteiger partial charge >= 0.3 is 5.97 Å². The molecule has 0 spiro atoms. The molecule has 2 rings (SSSR count). The van der Waals surface area contributed by atoms with E-state index in [2.05, 4.69) is 0 Å². The molecule has 0 radical (unpaired) electrons. The summed E-state index contributed by atoms with van der Waals surface area (Å²) in [6.45, 7) is 4.73. The highest BCUT2D eigenvalue weighted by atomic mass is 16.5. The first kappa shape index (κ1) is 12.9. The number of hydrogen-bond acceptors (Lipinski definition) is 4.